The molecule has 0 rings (SSSR count). The Morgan fingerprint density at radius 1 is 0.267 bits per heavy atom. The van der Waals surface area contributed by atoms with Crippen LogP contribution in [-0.2, 0) is 28.6 Å². The smallest absolute Gasteiger partial charge is 0.306 e. The molecule has 0 amide bonds. The fourth-order valence-electron chi connectivity index (χ4n) is 9.23. The van der Waals surface area contributed by atoms with Crippen molar-refractivity contribution < 1.29 is 28.6 Å². The molecule has 1 atom stereocenters. The lowest BCUT2D eigenvalue weighted by Gasteiger charge is -2.18. The Hall–Kier alpha value is -3.15. The Balaban J connectivity index is 4.28. The summed E-state index contributed by atoms with van der Waals surface area (Å²) < 4.78 is 16.9. The third-order valence-corrected chi connectivity index (χ3v) is 14.2. The van der Waals surface area contributed by atoms with Crippen LogP contribution in [0.3, 0.4) is 0 Å². The average Bonchev–Trinajstić information content (AvgIpc) is 3.41. The van der Waals surface area contributed by atoms with Crippen molar-refractivity contribution in [3.63, 3.8) is 0 Å². The monoisotopic (exact) mass is 1050 g/mol. The predicted molar refractivity (Wildman–Crippen MR) is 325 cm³/mol. The lowest BCUT2D eigenvalue weighted by Crippen LogP contribution is -2.30. The number of rotatable bonds is 59. The largest absolute Gasteiger partial charge is 0.462 e. The minimum atomic E-state index is -0.786. The van der Waals surface area contributed by atoms with Crippen molar-refractivity contribution in [2.24, 2.45) is 0 Å². The molecule has 0 heterocycles. The number of hydrogen-bond donors (Lipinski definition) is 0. The molecule has 0 N–H and O–H groups in total. The Bertz CT molecular complexity index is 1390. The highest BCUT2D eigenvalue weighted by Gasteiger charge is 2.19. The topological polar surface area (TPSA) is 78.9 Å². The number of ether oxygens (including phenoxy) is 3. The molecular weight excluding hydrogens is 925 g/mol. The second-order valence-corrected chi connectivity index (χ2v) is 21.7. The SMILES string of the molecule is CCCC/C=C\CCCCCCCC(=O)OCC(COC(=O)CCCCCCCCCCCCCCC/C=C\C/C=C\CCCCCCC)OC(=O)CCCCCCCC/C=C\C/C=C\C/C=C\CCCCCCC. The highest BCUT2D eigenvalue weighted by Crippen LogP contribution is 2.16. The van der Waals surface area contributed by atoms with E-state index in [1.807, 2.05) is 0 Å². The molecule has 434 valence electrons. The van der Waals surface area contributed by atoms with E-state index in [4.69, 9.17) is 14.2 Å². The molecule has 75 heavy (non-hydrogen) atoms. The molecule has 0 aliphatic carbocycles. The molecule has 0 aromatic rings. The van der Waals surface area contributed by atoms with Gasteiger partial charge in [-0.15, -0.1) is 0 Å². The predicted octanol–water partition coefficient (Wildman–Crippen LogP) is 22.1. The Morgan fingerprint density at radius 2 is 0.493 bits per heavy atom. The van der Waals surface area contributed by atoms with Gasteiger partial charge < -0.3 is 14.2 Å². The first kappa shape index (κ1) is 71.8. The van der Waals surface area contributed by atoms with Crippen molar-refractivity contribution >= 4 is 17.9 Å². The standard InChI is InChI=1S/C69H122O6/c1-4-7-10-13-16-19-22-24-26-28-30-32-33-34-35-37-38-40-42-44-47-50-53-56-59-62-68(71)74-65-66(64-73-67(70)61-58-55-52-49-46-21-18-15-12-9-6-3)75-69(72)63-60-57-54-51-48-45-43-41-39-36-31-29-27-25-23-20-17-14-11-8-5-2/h15,18,22-25,28-31,39,41,66H,4-14,16-17,19-21,26-27,32-38,40,42-65H2,1-3H3/b18-15-,24-22-,25-23-,30-28-,31-29-,41-39-. The van der Waals surface area contributed by atoms with Gasteiger partial charge in [-0.1, -0.05) is 273 Å². The zero-order valence-electron chi connectivity index (χ0n) is 49.8. The maximum atomic E-state index is 12.9. The molecule has 0 aromatic heterocycles. The molecule has 0 fully saturated rings. The van der Waals surface area contributed by atoms with Gasteiger partial charge in [0.2, 0.25) is 0 Å². The van der Waals surface area contributed by atoms with Crippen molar-refractivity contribution in [2.45, 2.75) is 335 Å². The summed E-state index contributed by atoms with van der Waals surface area (Å²) in [4.78, 5) is 38.3. The second-order valence-electron chi connectivity index (χ2n) is 21.7. The number of allylic oxidation sites excluding steroid dienone is 12. The summed E-state index contributed by atoms with van der Waals surface area (Å²) in [6.45, 7) is 6.59. The molecular formula is C69H122O6. The third-order valence-electron chi connectivity index (χ3n) is 14.2. The van der Waals surface area contributed by atoms with E-state index in [1.54, 1.807) is 0 Å². The van der Waals surface area contributed by atoms with E-state index in [0.717, 1.165) is 96.3 Å². The molecule has 1 unspecified atom stereocenters. The summed E-state index contributed by atoms with van der Waals surface area (Å²) in [6.07, 6.45) is 82.0. The average molecular weight is 1050 g/mol. The van der Waals surface area contributed by atoms with Crippen LogP contribution in [-0.4, -0.2) is 37.2 Å². The van der Waals surface area contributed by atoms with Gasteiger partial charge in [-0.25, -0.2) is 0 Å². The Labute approximate surface area is 465 Å². The van der Waals surface area contributed by atoms with Crippen LogP contribution in [0.1, 0.15) is 329 Å². The first-order chi connectivity index (χ1) is 37.0. The minimum absolute atomic E-state index is 0.0824. The highest BCUT2D eigenvalue weighted by atomic mass is 16.6. The van der Waals surface area contributed by atoms with E-state index < -0.39 is 6.10 Å². The van der Waals surface area contributed by atoms with Crippen LogP contribution in [0.2, 0.25) is 0 Å². The molecule has 6 heteroatoms. The van der Waals surface area contributed by atoms with Gasteiger partial charge in [0.1, 0.15) is 13.2 Å². The van der Waals surface area contributed by atoms with E-state index in [0.29, 0.717) is 19.3 Å². The first-order valence-electron chi connectivity index (χ1n) is 32.4. The molecule has 0 aliphatic heterocycles. The van der Waals surface area contributed by atoms with Crippen LogP contribution in [0.15, 0.2) is 72.9 Å². The normalized spacial score (nSPS) is 12.5. The summed E-state index contributed by atoms with van der Waals surface area (Å²) in [5, 5.41) is 0. The Kier molecular flexibility index (Phi) is 60.7. The van der Waals surface area contributed by atoms with Crippen molar-refractivity contribution in [1.29, 1.82) is 0 Å². The third kappa shape index (κ3) is 61.6. The van der Waals surface area contributed by atoms with Crippen LogP contribution in [0, 0.1) is 0 Å². The van der Waals surface area contributed by atoms with Crippen molar-refractivity contribution in [1.82, 2.24) is 0 Å². The van der Waals surface area contributed by atoms with Crippen molar-refractivity contribution in [3.8, 4) is 0 Å². The van der Waals surface area contributed by atoms with Crippen LogP contribution >= 0.6 is 0 Å². The first-order valence-corrected chi connectivity index (χ1v) is 32.4. The van der Waals surface area contributed by atoms with E-state index in [1.165, 1.54) is 193 Å². The summed E-state index contributed by atoms with van der Waals surface area (Å²) in [5.74, 6) is -0.893. The van der Waals surface area contributed by atoms with E-state index in [9.17, 15) is 14.4 Å². The fourth-order valence-corrected chi connectivity index (χ4v) is 9.23. The molecule has 0 bridgehead atoms. The summed E-state index contributed by atoms with van der Waals surface area (Å²) >= 11 is 0. The molecule has 0 saturated heterocycles. The molecule has 0 radical (unpaired) electrons. The van der Waals surface area contributed by atoms with Crippen LogP contribution in [0.5, 0.6) is 0 Å². The van der Waals surface area contributed by atoms with Crippen molar-refractivity contribution in [3.05, 3.63) is 72.9 Å². The zero-order chi connectivity index (χ0) is 54.3. The highest BCUT2D eigenvalue weighted by molar-refractivity contribution is 5.71. The lowest BCUT2D eigenvalue weighted by atomic mass is 10.0. The van der Waals surface area contributed by atoms with Gasteiger partial charge in [-0.3, -0.25) is 14.4 Å². The van der Waals surface area contributed by atoms with Crippen molar-refractivity contribution in [2.75, 3.05) is 13.2 Å². The van der Waals surface area contributed by atoms with Gasteiger partial charge >= 0.3 is 17.9 Å². The Morgan fingerprint density at radius 3 is 0.800 bits per heavy atom. The summed E-state index contributed by atoms with van der Waals surface area (Å²) in [7, 11) is 0. The number of unbranched alkanes of at least 4 members (excludes halogenated alkanes) is 36. The molecule has 0 aliphatic rings. The molecule has 0 saturated carbocycles. The van der Waals surface area contributed by atoms with E-state index >= 15 is 0 Å². The fraction of sp³-hybridized carbons (Fsp3) is 0.783. The van der Waals surface area contributed by atoms with Gasteiger partial charge in [0.15, 0.2) is 6.10 Å². The maximum absolute atomic E-state index is 12.9. The zero-order valence-corrected chi connectivity index (χ0v) is 49.8. The lowest BCUT2D eigenvalue weighted by molar-refractivity contribution is -0.167. The van der Waals surface area contributed by atoms with E-state index in [-0.39, 0.29) is 31.1 Å². The summed E-state index contributed by atoms with van der Waals surface area (Å²) in [5.41, 5.74) is 0. The number of carbonyl (C=O) groups is 3. The quantitative estimate of drug-likeness (QED) is 0.0261. The van der Waals surface area contributed by atoms with Gasteiger partial charge in [0.25, 0.3) is 0 Å². The number of hydrogen-bond acceptors (Lipinski definition) is 6. The van der Waals surface area contributed by atoms with Gasteiger partial charge in [-0.05, 0) is 109 Å². The minimum Gasteiger partial charge on any atom is -0.462 e. The van der Waals surface area contributed by atoms with Gasteiger partial charge in [-0.2, -0.15) is 0 Å². The van der Waals surface area contributed by atoms with E-state index in [2.05, 4.69) is 93.7 Å². The van der Waals surface area contributed by atoms with Crippen LogP contribution in [0.25, 0.3) is 0 Å². The molecule has 6 nitrogen and oxygen atoms in total. The van der Waals surface area contributed by atoms with Crippen LogP contribution in [0.4, 0.5) is 0 Å². The van der Waals surface area contributed by atoms with Gasteiger partial charge in [0.05, 0.1) is 0 Å². The number of carbonyl (C=O) groups excluding carboxylic acids is 3. The molecule has 0 aromatic carbocycles. The van der Waals surface area contributed by atoms with Gasteiger partial charge in [0, 0.05) is 19.3 Å². The van der Waals surface area contributed by atoms with Crippen LogP contribution < -0.4 is 0 Å². The number of esters is 3. The second kappa shape index (κ2) is 63.4. The molecule has 0 spiro atoms. The summed E-state index contributed by atoms with van der Waals surface area (Å²) in [6, 6.07) is 0. The maximum Gasteiger partial charge on any atom is 0.306 e.